The Labute approximate surface area is 120 Å². The highest BCUT2D eigenvalue weighted by atomic mass is 19.1. The molecule has 1 aromatic carbocycles. The molecule has 0 amide bonds. The highest BCUT2D eigenvalue weighted by Crippen LogP contribution is 2.40. The van der Waals surface area contributed by atoms with Gasteiger partial charge in [0, 0.05) is 5.41 Å². The Balaban J connectivity index is 0.00000180. The zero-order chi connectivity index (χ0) is 13.2. The van der Waals surface area contributed by atoms with E-state index in [1.165, 1.54) is 18.9 Å². The van der Waals surface area contributed by atoms with Crippen LogP contribution in [-0.4, -0.2) is 43.2 Å². The van der Waals surface area contributed by atoms with E-state index in [-0.39, 0.29) is 22.2 Å². The fraction of sp³-hybridized carbons (Fsp3) is 0.600. The van der Waals surface area contributed by atoms with E-state index < -0.39 is 0 Å². The highest BCUT2D eigenvalue weighted by molar-refractivity contribution is 5.27. The van der Waals surface area contributed by atoms with Gasteiger partial charge in [0.05, 0.1) is 27.7 Å². The standard InChI is InChI=1S/C15H24FN2.2H2O/c1-18(2,3)17-12-15(9-4-5-10-15)13-7-6-8-14(16)11-13;;/h6-8,11,17H,4-5,9-10,12H2,1-3H3;2*1H2/q+1;;. The smallest absolute Gasteiger partial charge is 0.123 e. The molecule has 0 atom stereocenters. The second-order valence-electron chi connectivity index (χ2n) is 6.35. The van der Waals surface area contributed by atoms with Crippen LogP contribution in [-0.2, 0) is 5.41 Å². The first-order valence-corrected chi connectivity index (χ1v) is 6.74. The van der Waals surface area contributed by atoms with Crippen molar-refractivity contribution in [2.45, 2.75) is 31.1 Å². The van der Waals surface area contributed by atoms with E-state index in [2.05, 4.69) is 32.6 Å². The molecule has 116 valence electrons. The van der Waals surface area contributed by atoms with Crippen molar-refractivity contribution in [2.75, 3.05) is 27.7 Å². The number of benzene rings is 1. The minimum atomic E-state index is -0.121. The van der Waals surface area contributed by atoms with E-state index in [1.54, 1.807) is 6.07 Å². The largest absolute Gasteiger partial charge is 0.412 e. The molecule has 1 aromatic rings. The molecule has 0 aliphatic heterocycles. The molecule has 0 saturated heterocycles. The van der Waals surface area contributed by atoms with E-state index in [4.69, 9.17) is 0 Å². The summed E-state index contributed by atoms with van der Waals surface area (Å²) in [4.78, 5) is 0. The fourth-order valence-electron chi connectivity index (χ4n) is 2.83. The predicted molar refractivity (Wildman–Crippen MR) is 79.8 cm³/mol. The van der Waals surface area contributed by atoms with Crippen molar-refractivity contribution in [1.29, 1.82) is 0 Å². The van der Waals surface area contributed by atoms with Crippen LogP contribution >= 0.6 is 0 Å². The summed E-state index contributed by atoms with van der Waals surface area (Å²) < 4.78 is 14.2. The molecule has 1 fully saturated rings. The third kappa shape index (κ3) is 4.52. The second kappa shape index (κ2) is 7.13. The average Bonchev–Trinajstić information content (AvgIpc) is 2.75. The Bertz CT molecular complexity index is 413. The van der Waals surface area contributed by atoms with Crippen LogP contribution < -0.4 is 5.43 Å². The molecular weight excluding hydrogens is 259 g/mol. The molecule has 0 bridgehead atoms. The van der Waals surface area contributed by atoms with Gasteiger partial charge in [-0.15, -0.1) is 0 Å². The number of halogens is 1. The van der Waals surface area contributed by atoms with Gasteiger partial charge in [-0.05, 0) is 30.5 Å². The number of nitrogens with zero attached hydrogens (tertiary/aromatic N) is 1. The van der Waals surface area contributed by atoms with Crippen LogP contribution in [0, 0.1) is 5.82 Å². The number of quaternary nitrogens is 1. The van der Waals surface area contributed by atoms with Gasteiger partial charge >= 0.3 is 0 Å². The zero-order valence-corrected chi connectivity index (χ0v) is 12.7. The summed E-state index contributed by atoms with van der Waals surface area (Å²) in [7, 11) is 6.36. The second-order valence-corrected chi connectivity index (χ2v) is 6.35. The van der Waals surface area contributed by atoms with Crippen LogP contribution in [0.4, 0.5) is 4.39 Å². The Kier molecular flexibility index (Phi) is 6.77. The fourth-order valence-corrected chi connectivity index (χ4v) is 2.83. The van der Waals surface area contributed by atoms with Gasteiger partial charge in [0.2, 0.25) is 0 Å². The summed E-state index contributed by atoms with van der Waals surface area (Å²) in [6, 6.07) is 7.14. The molecule has 4 nitrogen and oxygen atoms in total. The lowest BCUT2D eigenvalue weighted by Gasteiger charge is -2.34. The minimum Gasteiger partial charge on any atom is -0.412 e. The molecule has 0 aromatic heterocycles. The third-order valence-electron chi connectivity index (χ3n) is 3.89. The van der Waals surface area contributed by atoms with Crippen molar-refractivity contribution in [3.63, 3.8) is 0 Å². The van der Waals surface area contributed by atoms with E-state index in [0.717, 1.165) is 29.5 Å². The van der Waals surface area contributed by atoms with E-state index in [1.807, 2.05) is 6.07 Å². The molecule has 20 heavy (non-hydrogen) atoms. The van der Waals surface area contributed by atoms with Gasteiger partial charge in [0.1, 0.15) is 5.82 Å². The van der Waals surface area contributed by atoms with Gasteiger partial charge < -0.3 is 11.0 Å². The van der Waals surface area contributed by atoms with Crippen molar-refractivity contribution < 1.29 is 19.9 Å². The first-order valence-electron chi connectivity index (χ1n) is 6.74. The Morgan fingerprint density at radius 2 is 1.75 bits per heavy atom. The molecule has 0 spiro atoms. The number of nitrogens with one attached hydrogen (secondary N) is 1. The summed E-state index contributed by atoms with van der Waals surface area (Å²) >= 11 is 0. The Morgan fingerprint density at radius 1 is 1.15 bits per heavy atom. The zero-order valence-electron chi connectivity index (χ0n) is 12.7. The lowest BCUT2D eigenvalue weighted by atomic mass is 9.79. The third-order valence-corrected chi connectivity index (χ3v) is 3.89. The van der Waals surface area contributed by atoms with Crippen LogP contribution in [0.3, 0.4) is 0 Å². The molecule has 2 rings (SSSR count). The molecular formula is C15H28FN2O2+. The van der Waals surface area contributed by atoms with Gasteiger partial charge in [-0.25, -0.2) is 4.39 Å². The summed E-state index contributed by atoms with van der Waals surface area (Å²) in [6.07, 6.45) is 4.80. The highest BCUT2D eigenvalue weighted by Gasteiger charge is 2.37. The maximum Gasteiger partial charge on any atom is 0.123 e. The molecule has 1 aliphatic carbocycles. The summed E-state index contributed by atoms with van der Waals surface area (Å²) in [5.74, 6) is -0.121. The van der Waals surface area contributed by atoms with Crippen LogP contribution in [0.25, 0.3) is 0 Å². The molecule has 1 saturated carbocycles. The van der Waals surface area contributed by atoms with E-state index in [0.29, 0.717) is 0 Å². The minimum absolute atomic E-state index is 0. The lowest BCUT2D eigenvalue weighted by Crippen LogP contribution is -2.53. The van der Waals surface area contributed by atoms with Gasteiger partial charge in [0.25, 0.3) is 0 Å². The Hall–Kier alpha value is -1.01. The van der Waals surface area contributed by atoms with Crippen molar-refractivity contribution in [2.24, 2.45) is 0 Å². The molecule has 0 radical (unpaired) electrons. The summed E-state index contributed by atoms with van der Waals surface area (Å²) in [6.45, 7) is 0.917. The Morgan fingerprint density at radius 3 is 2.25 bits per heavy atom. The topological polar surface area (TPSA) is 75.0 Å². The first kappa shape index (κ1) is 19.0. The quantitative estimate of drug-likeness (QED) is 0.655. The van der Waals surface area contributed by atoms with Crippen molar-refractivity contribution in [1.82, 2.24) is 5.43 Å². The molecule has 5 heteroatoms. The van der Waals surface area contributed by atoms with Crippen LogP contribution in [0.2, 0.25) is 0 Å². The van der Waals surface area contributed by atoms with Crippen molar-refractivity contribution in [3.05, 3.63) is 35.6 Å². The monoisotopic (exact) mass is 287 g/mol. The van der Waals surface area contributed by atoms with Gasteiger partial charge in [0.15, 0.2) is 0 Å². The summed E-state index contributed by atoms with van der Waals surface area (Å²) in [5, 5.41) is 0. The van der Waals surface area contributed by atoms with Crippen LogP contribution in [0.5, 0.6) is 0 Å². The SMILES string of the molecule is C[N+](C)(C)NCC1(c2cccc(F)c2)CCCC1.O.O. The van der Waals surface area contributed by atoms with Crippen molar-refractivity contribution in [3.8, 4) is 0 Å². The number of hydrogen-bond acceptors (Lipinski definition) is 1. The summed E-state index contributed by atoms with van der Waals surface area (Å²) in [5.41, 5.74) is 4.81. The molecule has 1 aliphatic rings. The number of rotatable bonds is 4. The van der Waals surface area contributed by atoms with Gasteiger partial charge in [-0.2, -0.15) is 5.43 Å². The van der Waals surface area contributed by atoms with Gasteiger partial charge in [-0.3, -0.25) is 4.59 Å². The molecule has 0 heterocycles. The van der Waals surface area contributed by atoms with Crippen LogP contribution in [0.1, 0.15) is 31.2 Å². The molecule has 5 N–H and O–H groups in total. The van der Waals surface area contributed by atoms with Crippen molar-refractivity contribution >= 4 is 0 Å². The first-order chi connectivity index (χ1) is 8.41. The maximum atomic E-state index is 13.4. The van der Waals surface area contributed by atoms with Crippen LogP contribution in [0.15, 0.2) is 24.3 Å². The van der Waals surface area contributed by atoms with E-state index >= 15 is 0 Å². The normalized spacial score (nSPS) is 17.2. The lowest BCUT2D eigenvalue weighted by molar-refractivity contribution is -0.915. The van der Waals surface area contributed by atoms with Gasteiger partial charge in [-0.1, -0.05) is 25.0 Å². The average molecular weight is 287 g/mol. The molecule has 0 unspecified atom stereocenters. The maximum absolute atomic E-state index is 13.4. The number of hydrogen-bond donors (Lipinski definition) is 1. The predicted octanol–water partition coefficient (Wildman–Crippen LogP) is 1.20. The van der Waals surface area contributed by atoms with E-state index in [9.17, 15) is 4.39 Å².